The summed E-state index contributed by atoms with van der Waals surface area (Å²) in [5, 5.41) is 0. The summed E-state index contributed by atoms with van der Waals surface area (Å²) in [6.45, 7) is 13.3. The Morgan fingerprint density at radius 3 is 2.61 bits per heavy atom. The third-order valence-electron chi connectivity index (χ3n) is 4.76. The monoisotopic (exact) mass is 317 g/mol. The van der Waals surface area contributed by atoms with Crippen LogP contribution in [0.3, 0.4) is 0 Å². The Kier molecular flexibility index (Phi) is 5.51. The van der Waals surface area contributed by atoms with E-state index in [0.717, 1.165) is 35.5 Å². The molecule has 0 radical (unpaired) electrons. The van der Waals surface area contributed by atoms with Crippen LogP contribution in [0.5, 0.6) is 5.75 Å². The Bertz CT molecular complexity index is 572. The van der Waals surface area contributed by atoms with Gasteiger partial charge in [-0.15, -0.1) is 0 Å². The fraction of sp³-hybridized carbons (Fsp3) is 0.650. The predicted molar refractivity (Wildman–Crippen MR) is 95.6 cm³/mol. The molecule has 128 valence electrons. The summed E-state index contributed by atoms with van der Waals surface area (Å²) >= 11 is 0. The van der Waals surface area contributed by atoms with Crippen molar-refractivity contribution in [1.29, 1.82) is 0 Å². The van der Waals surface area contributed by atoms with Crippen LogP contribution in [0.2, 0.25) is 0 Å². The number of piperidine rings is 1. The Balaban J connectivity index is 2.26. The molecule has 1 aliphatic heterocycles. The zero-order valence-corrected chi connectivity index (χ0v) is 15.5. The molecule has 0 spiro atoms. The molecule has 1 unspecified atom stereocenters. The van der Waals surface area contributed by atoms with Crippen molar-refractivity contribution in [2.75, 3.05) is 26.7 Å². The van der Waals surface area contributed by atoms with Crippen molar-refractivity contribution in [2.45, 2.75) is 52.9 Å². The lowest BCUT2D eigenvalue weighted by molar-refractivity contribution is 0.0892. The molecule has 1 aliphatic rings. The Morgan fingerprint density at radius 2 is 2.04 bits per heavy atom. The van der Waals surface area contributed by atoms with Crippen molar-refractivity contribution in [1.82, 2.24) is 4.90 Å². The van der Waals surface area contributed by atoms with Gasteiger partial charge in [-0.2, -0.15) is 0 Å². The number of hydrogen-bond acceptors (Lipinski definition) is 3. The highest BCUT2D eigenvalue weighted by Gasteiger charge is 2.24. The van der Waals surface area contributed by atoms with Gasteiger partial charge < -0.3 is 4.74 Å². The van der Waals surface area contributed by atoms with Crippen molar-refractivity contribution in [2.24, 2.45) is 5.92 Å². The molecule has 0 aliphatic carbocycles. The number of Topliss-reactive ketones (excluding diaryl/α,β-unsaturated/α-hetero) is 1. The van der Waals surface area contributed by atoms with E-state index >= 15 is 0 Å². The van der Waals surface area contributed by atoms with Crippen molar-refractivity contribution in [3.63, 3.8) is 0 Å². The molecule has 0 bridgehead atoms. The normalized spacial score (nSPS) is 19.7. The minimum atomic E-state index is -0.0479. The average Bonchev–Trinajstić information content (AvgIpc) is 2.45. The number of likely N-dealkylation sites (tertiary alicyclic amines) is 1. The summed E-state index contributed by atoms with van der Waals surface area (Å²) in [5.74, 6) is 1.79. The van der Waals surface area contributed by atoms with E-state index in [9.17, 15) is 4.79 Å². The lowest BCUT2D eigenvalue weighted by Crippen LogP contribution is -2.38. The van der Waals surface area contributed by atoms with Crippen LogP contribution < -0.4 is 4.74 Å². The smallest absolute Gasteiger partial charge is 0.177 e. The fourth-order valence-corrected chi connectivity index (χ4v) is 3.46. The van der Waals surface area contributed by atoms with Gasteiger partial charge in [0, 0.05) is 17.7 Å². The second-order valence-electron chi connectivity index (χ2n) is 8.02. The van der Waals surface area contributed by atoms with Gasteiger partial charge in [0.15, 0.2) is 5.78 Å². The summed E-state index contributed by atoms with van der Waals surface area (Å²) < 4.78 is 5.53. The minimum absolute atomic E-state index is 0.0479. The summed E-state index contributed by atoms with van der Waals surface area (Å²) in [7, 11) is 1.70. The number of hydrogen-bond donors (Lipinski definition) is 0. The van der Waals surface area contributed by atoms with E-state index in [1.165, 1.54) is 12.8 Å². The maximum Gasteiger partial charge on any atom is 0.177 e. The highest BCUT2D eigenvalue weighted by Crippen LogP contribution is 2.34. The van der Waals surface area contributed by atoms with Crippen LogP contribution in [0.25, 0.3) is 0 Å². The van der Waals surface area contributed by atoms with Crippen LogP contribution >= 0.6 is 0 Å². The maximum absolute atomic E-state index is 12.8. The number of nitrogens with zero attached hydrogens (tertiary/aromatic N) is 1. The molecule has 1 saturated heterocycles. The number of benzene rings is 1. The van der Waals surface area contributed by atoms with E-state index in [1.54, 1.807) is 7.11 Å². The van der Waals surface area contributed by atoms with Gasteiger partial charge in [-0.1, -0.05) is 27.7 Å². The lowest BCUT2D eigenvalue weighted by Gasteiger charge is -2.30. The molecule has 0 N–H and O–H groups in total. The maximum atomic E-state index is 12.8. The molecule has 1 atom stereocenters. The topological polar surface area (TPSA) is 29.5 Å². The van der Waals surface area contributed by atoms with E-state index in [2.05, 4.69) is 32.6 Å². The van der Waals surface area contributed by atoms with E-state index in [4.69, 9.17) is 4.74 Å². The zero-order chi connectivity index (χ0) is 17.2. The van der Waals surface area contributed by atoms with E-state index < -0.39 is 0 Å². The number of rotatable bonds is 4. The van der Waals surface area contributed by atoms with Crippen molar-refractivity contribution < 1.29 is 9.53 Å². The molecule has 23 heavy (non-hydrogen) atoms. The van der Waals surface area contributed by atoms with Crippen molar-refractivity contribution >= 4 is 5.78 Å². The van der Waals surface area contributed by atoms with Crippen LogP contribution in [0, 0.1) is 12.8 Å². The van der Waals surface area contributed by atoms with Crippen molar-refractivity contribution in [3.05, 3.63) is 28.8 Å². The number of methoxy groups -OCH3 is 1. The number of carbonyl (C=O) groups excluding carboxylic acids is 1. The molecular formula is C20H31NO2. The molecule has 3 heteroatoms. The molecule has 0 aromatic heterocycles. The Morgan fingerprint density at radius 1 is 1.35 bits per heavy atom. The second kappa shape index (κ2) is 7.04. The van der Waals surface area contributed by atoms with Gasteiger partial charge in [-0.05, 0) is 55.3 Å². The highest BCUT2D eigenvalue weighted by atomic mass is 16.5. The first-order valence-electron chi connectivity index (χ1n) is 8.67. The van der Waals surface area contributed by atoms with Crippen LogP contribution in [-0.2, 0) is 5.41 Å². The molecule has 0 amide bonds. The molecule has 1 aromatic carbocycles. The van der Waals surface area contributed by atoms with Gasteiger partial charge in [-0.3, -0.25) is 9.69 Å². The number of ether oxygens (including phenoxy) is 1. The van der Waals surface area contributed by atoms with Gasteiger partial charge in [0.1, 0.15) is 5.75 Å². The van der Waals surface area contributed by atoms with Gasteiger partial charge >= 0.3 is 0 Å². The third kappa shape index (κ3) is 4.35. The first kappa shape index (κ1) is 18.0. The number of ketones is 1. The summed E-state index contributed by atoms with van der Waals surface area (Å²) in [5.41, 5.74) is 2.90. The van der Waals surface area contributed by atoms with Crippen LogP contribution in [0.1, 0.15) is 62.0 Å². The van der Waals surface area contributed by atoms with Crippen LogP contribution in [-0.4, -0.2) is 37.4 Å². The Hall–Kier alpha value is -1.35. The second-order valence-corrected chi connectivity index (χ2v) is 8.02. The fourth-order valence-electron chi connectivity index (χ4n) is 3.46. The molecule has 2 rings (SSSR count). The van der Waals surface area contributed by atoms with E-state index in [1.807, 2.05) is 19.1 Å². The predicted octanol–water partition coefficient (Wildman–Crippen LogP) is 4.22. The molecule has 1 fully saturated rings. The van der Waals surface area contributed by atoms with Gasteiger partial charge in [0.25, 0.3) is 0 Å². The third-order valence-corrected chi connectivity index (χ3v) is 4.76. The summed E-state index contributed by atoms with van der Waals surface area (Å²) in [6, 6.07) is 4.05. The van der Waals surface area contributed by atoms with Gasteiger partial charge in [0.2, 0.25) is 0 Å². The number of carbonyl (C=O) groups is 1. The molecular weight excluding hydrogens is 286 g/mol. The summed E-state index contributed by atoms with van der Waals surface area (Å²) in [4.78, 5) is 15.1. The first-order chi connectivity index (χ1) is 10.7. The van der Waals surface area contributed by atoms with Crippen LogP contribution in [0.15, 0.2) is 12.1 Å². The van der Waals surface area contributed by atoms with Gasteiger partial charge in [-0.25, -0.2) is 0 Å². The molecule has 3 nitrogen and oxygen atoms in total. The average molecular weight is 317 g/mol. The van der Waals surface area contributed by atoms with Gasteiger partial charge in [0.05, 0.1) is 13.7 Å². The van der Waals surface area contributed by atoms with E-state index in [0.29, 0.717) is 12.5 Å². The largest absolute Gasteiger partial charge is 0.496 e. The minimum Gasteiger partial charge on any atom is -0.496 e. The standard InChI is InChI=1S/C20H31NO2/c1-14-8-7-9-21(12-14)13-18(22)16-11-17(20(3,4)5)19(23-6)10-15(16)2/h10-11,14H,7-9,12-13H2,1-6H3. The van der Waals surface area contributed by atoms with Crippen LogP contribution in [0.4, 0.5) is 0 Å². The quantitative estimate of drug-likeness (QED) is 0.779. The zero-order valence-electron chi connectivity index (χ0n) is 15.5. The SMILES string of the molecule is COc1cc(C)c(C(=O)CN2CCCC(C)C2)cc1C(C)(C)C. The van der Waals surface area contributed by atoms with Crippen molar-refractivity contribution in [3.8, 4) is 5.75 Å². The van der Waals surface area contributed by atoms with E-state index in [-0.39, 0.29) is 11.2 Å². The number of aryl methyl sites for hydroxylation is 1. The molecule has 1 aromatic rings. The molecule has 1 heterocycles. The Labute approximate surface area is 141 Å². The highest BCUT2D eigenvalue weighted by molar-refractivity contribution is 5.99. The lowest BCUT2D eigenvalue weighted by atomic mass is 9.83. The first-order valence-corrected chi connectivity index (χ1v) is 8.67. The molecule has 0 saturated carbocycles. The summed E-state index contributed by atoms with van der Waals surface area (Å²) in [6.07, 6.45) is 2.48.